The standard InChI is InChI=1S/C45H90NO6P/c1-3-5-7-9-11-13-14-15-16-17-18-19-20-21-22-23-24-25-26-27-28-29-30-31-33-35-37-39-41-45(48)46-43(42-52-53(49,50)51)44(47)40-38-36-34-32-12-10-8-6-4-2/h38,40,43-44,47H,3-37,39,41-42H2,1-2H3,(H,46,48)(H2,49,50,51)/b40-38+/t43-,44+/m0/s1. The van der Waals surface area contributed by atoms with Gasteiger partial charge < -0.3 is 20.2 Å². The van der Waals surface area contributed by atoms with Gasteiger partial charge in [0, 0.05) is 6.42 Å². The fraction of sp³-hybridized carbons (Fsp3) is 0.933. The Labute approximate surface area is 329 Å². The Morgan fingerprint density at radius 2 is 0.830 bits per heavy atom. The Morgan fingerprint density at radius 3 is 1.15 bits per heavy atom. The summed E-state index contributed by atoms with van der Waals surface area (Å²) in [7, 11) is -4.71. The molecule has 0 aliphatic heterocycles. The van der Waals surface area contributed by atoms with Gasteiger partial charge in [-0.2, -0.15) is 0 Å². The molecule has 53 heavy (non-hydrogen) atoms. The van der Waals surface area contributed by atoms with Crippen molar-refractivity contribution >= 4 is 13.7 Å². The molecule has 2 atom stereocenters. The van der Waals surface area contributed by atoms with Gasteiger partial charge in [-0.25, -0.2) is 4.57 Å². The van der Waals surface area contributed by atoms with E-state index in [4.69, 9.17) is 9.79 Å². The zero-order valence-corrected chi connectivity index (χ0v) is 36.1. The van der Waals surface area contributed by atoms with Gasteiger partial charge in [-0.1, -0.05) is 238 Å². The van der Waals surface area contributed by atoms with Gasteiger partial charge in [0.15, 0.2) is 0 Å². The number of carbonyl (C=O) groups excluding carboxylic acids is 1. The lowest BCUT2D eigenvalue weighted by atomic mass is 10.0. The highest BCUT2D eigenvalue weighted by molar-refractivity contribution is 7.46. The molecule has 0 aromatic carbocycles. The Kier molecular flexibility index (Phi) is 40.4. The molecule has 0 radical (unpaired) electrons. The van der Waals surface area contributed by atoms with E-state index in [0.29, 0.717) is 6.42 Å². The fourth-order valence-electron chi connectivity index (χ4n) is 7.23. The molecule has 0 aliphatic carbocycles. The van der Waals surface area contributed by atoms with E-state index in [1.54, 1.807) is 6.08 Å². The minimum atomic E-state index is -4.71. The number of hydrogen-bond donors (Lipinski definition) is 4. The third kappa shape index (κ3) is 42.3. The lowest BCUT2D eigenvalue weighted by molar-refractivity contribution is -0.123. The van der Waals surface area contributed by atoms with Crippen molar-refractivity contribution in [1.82, 2.24) is 5.32 Å². The van der Waals surface area contributed by atoms with Crippen LogP contribution in [0.3, 0.4) is 0 Å². The molecule has 0 spiro atoms. The summed E-state index contributed by atoms with van der Waals surface area (Å²) in [5, 5.41) is 13.3. The van der Waals surface area contributed by atoms with Crippen molar-refractivity contribution in [3.63, 3.8) is 0 Å². The van der Waals surface area contributed by atoms with E-state index in [9.17, 15) is 14.5 Å². The smallest absolute Gasteiger partial charge is 0.387 e. The quantitative estimate of drug-likeness (QED) is 0.0279. The summed E-state index contributed by atoms with van der Waals surface area (Å²) in [4.78, 5) is 30.8. The molecule has 1 amide bonds. The Bertz CT molecular complexity index is 834. The minimum absolute atomic E-state index is 0.223. The van der Waals surface area contributed by atoms with Crippen LogP contribution in [0.2, 0.25) is 0 Å². The summed E-state index contributed by atoms with van der Waals surface area (Å²) in [5.74, 6) is -0.223. The summed E-state index contributed by atoms with van der Waals surface area (Å²) >= 11 is 0. The number of aliphatic hydroxyl groups excluding tert-OH is 1. The van der Waals surface area contributed by atoms with Gasteiger partial charge in [-0.15, -0.1) is 0 Å². The van der Waals surface area contributed by atoms with Gasteiger partial charge in [0.25, 0.3) is 0 Å². The highest BCUT2D eigenvalue weighted by Gasteiger charge is 2.24. The minimum Gasteiger partial charge on any atom is -0.387 e. The largest absolute Gasteiger partial charge is 0.469 e. The second-order valence-electron chi connectivity index (χ2n) is 16.1. The van der Waals surface area contributed by atoms with Crippen molar-refractivity contribution < 1.29 is 28.8 Å². The number of hydrogen-bond acceptors (Lipinski definition) is 4. The van der Waals surface area contributed by atoms with Crippen LogP contribution < -0.4 is 5.32 Å². The molecule has 8 heteroatoms. The predicted octanol–water partition coefficient (Wildman–Crippen LogP) is 14.0. The molecule has 7 nitrogen and oxygen atoms in total. The Hall–Kier alpha value is -0.720. The van der Waals surface area contributed by atoms with E-state index in [-0.39, 0.29) is 5.91 Å². The number of amides is 1. The number of phosphoric ester groups is 1. The zero-order valence-electron chi connectivity index (χ0n) is 35.2. The topological polar surface area (TPSA) is 116 Å². The summed E-state index contributed by atoms with van der Waals surface area (Å²) < 4.78 is 15.9. The molecule has 0 saturated heterocycles. The maximum atomic E-state index is 12.6. The van der Waals surface area contributed by atoms with Crippen LogP contribution in [0.5, 0.6) is 0 Å². The Morgan fingerprint density at radius 1 is 0.528 bits per heavy atom. The summed E-state index contributed by atoms with van der Waals surface area (Å²) in [5.41, 5.74) is 0. The van der Waals surface area contributed by atoms with E-state index < -0.39 is 26.6 Å². The van der Waals surface area contributed by atoms with Crippen molar-refractivity contribution in [2.24, 2.45) is 0 Å². The van der Waals surface area contributed by atoms with Crippen LogP contribution in [-0.2, 0) is 13.9 Å². The van der Waals surface area contributed by atoms with Crippen molar-refractivity contribution in [3.8, 4) is 0 Å². The van der Waals surface area contributed by atoms with Crippen LogP contribution in [0, 0.1) is 0 Å². The van der Waals surface area contributed by atoms with Crippen LogP contribution in [0.4, 0.5) is 0 Å². The lowest BCUT2D eigenvalue weighted by Gasteiger charge is -2.22. The first-order valence-corrected chi connectivity index (χ1v) is 24.7. The third-order valence-electron chi connectivity index (χ3n) is 10.7. The predicted molar refractivity (Wildman–Crippen MR) is 227 cm³/mol. The molecule has 0 bridgehead atoms. The maximum Gasteiger partial charge on any atom is 0.469 e. The van der Waals surface area contributed by atoms with E-state index in [2.05, 4.69) is 23.7 Å². The van der Waals surface area contributed by atoms with Gasteiger partial charge in [0.05, 0.1) is 18.8 Å². The highest BCUT2D eigenvalue weighted by Crippen LogP contribution is 2.36. The number of unbranched alkanes of at least 4 members (excludes halogenated alkanes) is 34. The van der Waals surface area contributed by atoms with Crippen LogP contribution in [0.25, 0.3) is 0 Å². The molecule has 4 N–H and O–H groups in total. The molecule has 0 aromatic heterocycles. The number of nitrogens with one attached hydrogen (secondary N) is 1. The average Bonchev–Trinajstić information content (AvgIpc) is 3.13. The van der Waals surface area contributed by atoms with Gasteiger partial charge in [-0.05, 0) is 19.3 Å². The first-order valence-electron chi connectivity index (χ1n) is 23.1. The van der Waals surface area contributed by atoms with Crippen molar-refractivity contribution in [1.29, 1.82) is 0 Å². The SMILES string of the molecule is CCCCCCCCC/C=C/[C@@H](O)[C@H](COP(=O)(O)O)NC(=O)CCCCCCCCCCCCCCCCCCCCCCCCCCCCCC. The molecule has 0 fully saturated rings. The van der Waals surface area contributed by atoms with Crippen LogP contribution in [-0.4, -0.2) is 39.6 Å². The van der Waals surface area contributed by atoms with Gasteiger partial charge in [-0.3, -0.25) is 9.32 Å². The first kappa shape index (κ1) is 52.3. The van der Waals surface area contributed by atoms with Crippen molar-refractivity contribution in [2.75, 3.05) is 6.61 Å². The lowest BCUT2D eigenvalue weighted by Crippen LogP contribution is -2.45. The Balaban J connectivity index is 3.66. The monoisotopic (exact) mass is 772 g/mol. The molecule has 0 aromatic rings. The second kappa shape index (κ2) is 40.9. The van der Waals surface area contributed by atoms with Gasteiger partial charge in [0.1, 0.15) is 0 Å². The molecule has 0 saturated carbocycles. The number of carbonyl (C=O) groups is 1. The summed E-state index contributed by atoms with van der Waals surface area (Å²) in [6, 6.07) is -0.904. The molecular formula is C45H90NO6P. The van der Waals surface area contributed by atoms with E-state index >= 15 is 0 Å². The number of allylic oxidation sites excluding steroid dienone is 1. The van der Waals surface area contributed by atoms with Gasteiger partial charge >= 0.3 is 7.82 Å². The fourth-order valence-corrected chi connectivity index (χ4v) is 7.58. The number of rotatable bonds is 43. The first-order chi connectivity index (χ1) is 25.8. The van der Waals surface area contributed by atoms with Crippen LogP contribution in [0.15, 0.2) is 12.2 Å². The average molecular weight is 772 g/mol. The molecular weight excluding hydrogens is 681 g/mol. The van der Waals surface area contributed by atoms with Crippen LogP contribution >= 0.6 is 7.82 Å². The number of aliphatic hydroxyl groups is 1. The third-order valence-corrected chi connectivity index (χ3v) is 11.2. The summed E-state index contributed by atoms with van der Waals surface area (Å²) in [6.07, 6.45) is 49.9. The van der Waals surface area contributed by atoms with Crippen molar-refractivity contribution in [3.05, 3.63) is 12.2 Å². The number of phosphoric acid groups is 1. The molecule has 0 aliphatic rings. The highest BCUT2D eigenvalue weighted by atomic mass is 31.2. The normalized spacial score (nSPS) is 13.2. The zero-order chi connectivity index (χ0) is 38.9. The molecule has 0 rings (SSSR count). The molecule has 316 valence electrons. The molecule has 0 heterocycles. The van der Waals surface area contributed by atoms with Gasteiger partial charge in [0.2, 0.25) is 5.91 Å². The van der Waals surface area contributed by atoms with E-state index in [1.807, 2.05) is 6.08 Å². The maximum absolute atomic E-state index is 12.6. The summed E-state index contributed by atoms with van der Waals surface area (Å²) in [6.45, 7) is 4.06. The second-order valence-corrected chi connectivity index (χ2v) is 17.3. The van der Waals surface area contributed by atoms with Crippen molar-refractivity contribution in [2.45, 2.75) is 264 Å². The van der Waals surface area contributed by atoms with E-state index in [1.165, 1.54) is 193 Å². The van der Waals surface area contributed by atoms with Crippen LogP contribution in [0.1, 0.15) is 251 Å². The molecule has 0 unspecified atom stereocenters. The van der Waals surface area contributed by atoms with E-state index in [0.717, 1.165) is 38.5 Å².